The molecule has 0 bridgehead atoms. The van der Waals surface area contributed by atoms with Crippen molar-refractivity contribution in [2.24, 2.45) is 0 Å². The lowest BCUT2D eigenvalue weighted by molar-refractivity contribution is 0.0368. The molecular formula is C21H26ClN3O2S. The van der Waals surface area contributed by atoms with Gasteiger partial charge in [-0.3, -0.25) is 9.47 Å². The van der Waals surface area contributed by atoms with Crippen molar-refractivity contribution in [1.82, 2.24) is 14.5 Å². The summed E-state index contributed by atoms with van der Waals surface area (Å²) in [7, 11) is 0. The third-order valence-electron chi connectivity index (χ3n) is 5.43. The summed E-state index contributed by atoms with van der Waals surface area (Å²) in [6.45, 7) is 5.38. The van der Waals surface area contributed by atoms with Gasteiger partial charge in [0.1, 0.15) is 5.03 Å². The van der Waals surface area contributed by atoms with Gasteiger partial charge in [0.15, 0.2) is 0 Å². The first kappa shape index (κ1) is 20.0. The predicted octanol–water partition coefficient (Wildman–Crippen LogP) is 3.40. The molecule has 7 heteroatoms. The van der Waals surface area contributed by atoms with Crippen LogP contribution in [0.25, 0.3) is 0 Å². The van der Waals surface area contributed by atoms with Crippen LogP contribution in [0.15, 0.2) is 34.1 Å². The van der Waals surface area contributed by atoms with Crippen LogP contribution in [0.5, 0.6) is 0 Å². The third-order valence-corrected chi connectivity index (χ3v) is 6.75. The molecule has 0 spiro atoms. The number of hydrogen-bond donors (Lipinski definition) is 0. The fraction of sp³-hybridized carbons (Fsp3) is 0.524. The second-order valence-electron chi connectivity index (χ2n) is 7.36. The minimum Gasteiger partial charge on any atom is -0.379 e. The van der Waals surface area contributed by atoms with E-state index in [1.54, 1.807) is 11.8 Å². The minimum absolute atomic E-state index is 0.101. The van der Waals surface area contributed by atoms with Gasteiger partial charge in [-0.25, -0.2) is 4.79 Å². The molecule has 1 aromatic heterocycles. The molecule has 1 aliphatic heterocycles. The zero-order valence-corrected chi connectivity index (χ0v) is 17.6. The predicted molar refractivity (Wildman–Crippen MR) is 113 cm³/mol. The molecule has 0 amide bonds. The average Bonchev–Trinajstić information content (AvgIpc) is 3.19. The highest BCUT2D eigenvalue weighted by atomic mass is 35.5. The zero-order valence-electron chi connectivity index (χ0n) is 16.0. The summed E-state index contributed by atoms with van der Waals surface area (Å²) in [5.74, 6) is 0.778. The molecule has 28 heavy (non-hydrogen) atoms. The van der Waals surface area contributed by atoms with E-state index >= 15 is 0 Å². The number of aromatic nitrogens is 2. The summed E-state index contributed by atoms with van der Waals surface area (Å²) < 4.78 is 7.32. The van der Waals surface area contributed by atoms with E-state index in [2.05, 4.69) is 16.0 Å². The molecule has 2 heterocycles. The van der Waals surface area contributed by atoms with Gasteiger partial charge in [0.05, 0.1) is 13.2 Å². The number of hydrogen-bond acceptors (Lipinski definition) is 5. The van der Waals surface area contributed by atoms with Crippen LogP contribution in [0.4, 0.5) is 0 Å². The highest BCUT2D eigenvalue weighted by Gasteiger charge is 2.22. The molecule has 2 aliphatic rings. The van der Waals surface area contributed by atoms with Gasteiger partial charge in [-0.05, 0) is 43.4 Å². The molecule has 1 saturated heterocycles. The Kier molecular flexibility index (Phi) is 6.73. The number of rotatable bonds is 7. The van der Waals surface area contributed by atoms with Gasteiger partial charge in [0, 0.05) is 48.2 Å². The van der Waals surface area contributed by atoms with E-state index in [0.717, 1.165) is 86.4 Å². The molecule has 0 unspecified atom stereocenters. The van der Waals surface area contributed by atoms with Crippen molar-refractivity contribution >= 4 is 23.4 Å². The summed E-state index contributed by atoms with van der Waals surface area (Å²) in [6, 6.07) is 7.87. The van der Waals surface area contributed by atoms with E-state index in [9.17, 15) is 4.79 Å². The summed E-state index contributed by atoms with van der Waals surface area (Å²) >= 11 is 7.73. The van der Waals surface area contributed by atoms with Crippen LogP contribution in [0.1, 0.15) is 29.7 Å². The van der Waals surface area contributed by atoms with E-state index in [1.165, 1.54) is 11.3 Å². The normalized spacial score (nSPS) is 17.0. The fourth-order valence-electron chi connectivity index (χ4n) is 3.99. The van der Waals surface area contributed by atoms with E-state index in [4.69, 9.17) is 16.3 Å². The van der Waals surface area contributed by atoms with Crippen LogP contribution in [-0.4, -0.2) is 47.3 Å². The highest BCUT2D eigenvalue weighted by molar-refractivity contribution is 7.98. The van der Waals surface area contributed by atoms with Gasteiger partial charge < -0.3 is 4.74 Å². The summed E-state index contributed by atoms with van der Waals surface area (Å²) in [5, 5.41) is 1.65. The number of fused-ring (bicyclic) bond motifs is 1. The molecule has 150 valence electrons. The van der Waals surface area contributed by atoms with Gasteiger partial charge in [0.2, 0.25) is 0 Å². The summed E-state index contributed by atoms with van der Waals surface area (Å²) in [6.07, 6.45) is 4.08. The van der Waals surface area contributed by atoms with Crippen molar-refractivity contribution in [2.75, 3.05) is 32.8 Å². The smallest absolute Gasteiger partial charge is 0.348 e. The van der Waals surface area contributed by atoms with Gasteiger partial charge in [0.25, 0.3) is 0 Å². The van der Waals surface area contributed by atoms with Crippen LogP contribution in [0.3, 0.4) is 0 Å². The molecule has 0 N–H and O–H groups in total. The largest absolute Gasteiger partial charge is 0.379 e. The Hall–Kier alpha value is -1.34. The van der Waals surface area contributed by atoms with Crippen molar-refractivity contribution in [3.05, 3.63) is 56.6 Å². The van der Waals surface area contributed by atoms with Crippen molar-refractivity contribution in [2.45, 2.75) is 43.0 Å². The number of benzene rings is 1. The molecule has 2 aromatic rings. The lowest BCUT2D eigenvalue weighted by Gasteiger charge is -2.26. The standard InChI is InChI=1S/C21H26ClN3O2S/c22-17-5-1-4-16(14-17)15-28-20-18-6-2-7-19(18)25(21(26)23-20)9-3-8-24-10-12-27-13-11-24/h1,4-5,14H,2-3,6-13,15H2. The van der Waals surface area contributed by atoms with Crippen molar-refractivity contribution in [3.63, 3.8) is 0 Å². The molecule has 1 fully saturated rings. The Balaban J connectivity index is 1.44. The number of nitrogens with zero attached hydrogens (tertiary/aromatic N) is 3. The number of halogens is 1. The minimum atomic E-state index is -0.101. The molecule has 0 saturated carbocycles. The maximum absolute atomic E-state index is 12.7. The Labute approximate surface area is 175 Å². The third kappa shape index (κ3) is 4.79. The lowest BCUT2D eigenvalue weighted by Crippen LogP contribution is -2.37. The highest BCUT2D eigenvalue weighted by Crippen LogP contribution is 2.31. The molecule has 1 aliphatic carbocycles. The Bertz CT molecular complexity index is 880. The average molecular weight is 420 g/mol. The van der Waals surface area contributed by atoms with Crippen LogP contribution >= 0.6 is 23.4 Å². The number of morpholine rings is 1. The van der Waals surface area contributed by atoms with E-state index < -0.39 is 0 Å². The lowest BCUT2D eigenvalue weighted by atomic mass is 10.2. The monoisotopic (exact) mass is 419 g/mol. The van der Waals surface area contributed by atoms with Gasteiger partial charge in [-0.2, -0.15) is 4.98 Å². The fourth-order valence-corrected chi connectivity index (χ4v) is 5.22. The first-order valence-electron chi connectivity index (χ1n) is 10.0. The van der Waals surface area contributed by atoms with Crippen molar-refractivity contribution in [1.29, 1.82) is 0 Å². The second-order valence-corrected chi connectivity index (χ2v) is 8.76. The van der Waals surface area contributed by atoms with Crippen molar-refractivity contribution < 1.29 is 4.74 Å². The van der Waals surface area contributed by atoms with Crippen LogP contribution < -0.4 is 5.69 Å². The SMILES string of the molecule is O=c1nc(SCc2cccc(Cl)c2)c2c(n1CCCN1CCOCC1)CCC2. The quantitative estimate of drug-likeness (QED) is 0.508. The summed E-state index contributed by atoms with van der Waals surface area (Å²) in [4.78, 5) is 19.6. The van der Waals surface area contributed by atoms with Crippen LogP contribution in [0, 0.1) is 0 Å². The maximum atomic E-state index is 12.7. The summed E-state index contributed by atoms with van der Waals surface area (Å²) in [5.41, 5.74) is 3.53. The molecule has 5 nitrogen and oxygen atoms in total. The Morgan fingerprint density at radius 3 is 2.86 bits per heavy atom. The molecular weight excluding hydrogens is 394 g/mol. The topological polar surface area (TPSA) is 47.4 Å². The number of thioether (sulfide) groups is 1. The van der Waals surface area contributed by atoms with E-state index in [1.807, 2.05) is 22.8 Å². The van der Waals surface area contributed by atoms with E-state index in [0.29, 0.717) is 0 Å². The van der Waals surface area contributed by atoms with Crippen LogP contribution in [0.2, 0.25) is 5.02 Å². The van der Waals surface area contributed by atoms with Gasteiger partial charge in [-0.1, -0.05) is 23.7 Å². The second kappa shape index (κ2) is 9.44. The number of ether oxygens (including phenoxy) is 1. The molecule has 1 aromatic carbocycles. The molecule has 0 atom stereocenters. The van der Waals surface area contributed by atoms with Gasteiger partial charge in [-0.15, -0.1) is 11.8 Å². The van der Waals surface area contributed by atoms with Gasteiger partial charge >= 0.3 is 5.69 Å². The Morgan fingerprint density at radius 2 is 2.04 bits per heavy atom. The van der Waals surface area contributed by atoms with E-state index in [-0.39, 0.29) is 5.69 Å². The molecule has 4 rings (SSSR count). The molecule has 0 radical (unpaired) electrons. The Morgan fingerprint density at radius 1 is 1.18 bits per heavy atom. The first-order chi connectivity index (χ1) is 13.7. The van der Waals surface area contributed by atoms with Crippen molar-refractivity contribution in [3.8, 4) is 0 Å². The maximum Gasteiger partial charge on any atom is 0.348 e. The zero-order chi connectivity index (χ0) is 19.3. The first-order valence-corrected chi connectivity index (χ1v) is 11.4. The van der Waals surface area contributed by atoms with Crippen LogP contribution in [-0.2, 0) is 29.9 Å².